The van der Waals surface area contributed by atoms with Gasteiger partial charge in [-0.15, -0.1) is 0 Å². The van der Waals surface area contributed by atoms with E-state index in [4.69, 9.17) is 27.4 Å². The van der Waals surface area contributed by atoms with Crippen LogP contribution in [0.5, 0.6) is 0 Å². The molecule has 0 spiro atoms. The van der Waals surface area contributed by atoms with Gasteiger partial charge in [0.1, 0.15) is 10.6 Å². The highest BCUT2D eigenvalue weighted by atomic mass is 32.1. The highest BCUT2D eigenvalue weighted by Crippen LogP contribution is 2.25. The van der Waals surface area contributed by atoms with Crippen LogP contribution in [0.4, 0.5) is 0 Å². The summed E-state index contributed by atoms with van der Waals surface area (Å²) in [5.74, 6) is 0. The third kappa shape index (κ3) is 4.17. The molecule has 4 nitrogen and oxygen atoms in total. The first-order valence-corrected chi connectivity index (χ1v) is 6.70. The van der Waals surface area contributed by atoms with Gasteiger partial charge in [-0.3, -0.25) is 0 Å². The number of nitrogens with two attached hydrogens (primary N) is 1. The first-order chi connectivity index (χ1) is 8.14. The average molecular weight is 260 g/mol. The third-order valence-electron chi connectivity index (χ3n) is 3.40. The Morgan fingerprint density at radius 3 is 2.47 bits per heavy atom. The van der Waals surface area contributed by atoms with Crippen LogP contribution in [0.3, 0.4) is 0 Å². The molecule has 0 unspecified atom stereocenters. The number of ether oxygens (including phenoxy) is 2. The molecule has 2 N–H and O–H groups in total. The molecular formula is C12H24N2O2S. The molecule has 0 atom stereocenters. The van der Waals surface area contributed by atoms with Crippen molar-refractivity contribution in [1.82, 2.24) is 4.90 Å². The van der Waals surface area contributed by atoms with E-state index in [9.17, 15) is 0 Å². The summed E-state index contributed by atoms with van der Waals surface area (Å²) in [5, 5.41) is 0. The maximum atomic E-state index is 5.76. The lowest BCUT2D eigenvalue weighted by molar-refractivity contribution is -0.00977. The Bertz CT molecular complexity index is 241. The van der Waals surface area contributed by atoms with Crippen molar-refractivity contribution in [1.29, 1.82) is 0 Å². The number of nitrogens with zero attached hydrogens (tertiary/aromatic N) is 1. The minimum absolute atomic E-state index is 0.379. The van der Waals surface area contributed by atoms with Crippen molar-refractivity contribution in [2.24, 2.45) is 5.73 Å². The fourth-order valence-electron chi connectivity index (χ4n) is 2.13. The molecule has 5 heteroatoms. The summed E-state index contributed by atoms with van der Waals surface area (Å²) in [6, 6.07) is 0. The zero-order valence-electron chi connectivity index (χ0n) is 10.9. The van der Waals surface area contributed by atoms with Gasteiger partial charge in [-0.2, -0.15) is 0 Å². The summed E-state index contributed by atoms with van der Waals surface area (Å²) in [6.07, 6.45) is 2.84. The van der Waals surface area contributed by atoms with E-state index in [1.54, 1.807) is 7.11 Å². The van der Waals surface area contributed by atoms with Crippen LogP contribution in [0.25, 0.3) is 0 Å². The van der Waals surface area contributed by atoms with Gasteiger partial charge in [0.2, 0.25) is 0 Å². The zero-order valence-corrected chi connectivity index (χ0v) is 11.7. The Labute approximate surface area is 109 Å². The third-order valence-corrected chi connectivity index (χ3v) is 3.78. The Hall–Kier alpha value is -0.230. The molecule has 1 rings (SSSR count). The predicted octanol–water partition coefficient (Wildman–Crippen LogP) is 1.18. The smallest absolute Gasteiger partial charge is 0.120 e. The molecule has 0 aromatic carbocycles. The normalized spacial score (nSPS) is 20.4. The topological polar surface area (TPSA) is 47.7 Å². The molecule has 0 aromatic heterocycles. The maximum Gasteiger partial charge on any atom is 0.120 e. The molecule has 1 saturated heterocycles. The number of methoxy groups -OCH3 is 1. The molecule has 1 heterocycles. The van der Waals surface area contributed by atoms with Gasteiger partial charge in [-0.25, -0.2) is 0 Å². The second-order valence-electron chi connectivity index (χ2n) is 4.52. The molecule has 1 aliphatic rings. The molecule has 0 aliphatic carbocycles. The summed E-state index contributed by atoms with van der Waals surface area (Å²) < 4.78 is 11.0. The zero-order chi connectivity index (χ0) is 12.7. The highest BCUT2D eigenvalue weighted by Gasteiger charge is 2.37. The number of hydrogen-bond acceptors (Lipinski definition) is 4. The van der Waals surface area contributed by atoms with Gasteiger partial charge in [0, 0.05) is 33.4 Å². The van der Waals surface area contributed by atoms with Crippen LogP contribution >= 0.6 is 12.2 Å². The van der Waals surface area contributed by atoms with E-state index >= 15 is 0 Å². The van der Waals surface area contributed by atoms with Crippen LogP contribution < -0.4 is 5.73 Å². The second kappa shape index (κ2) is 7.26. The van der Waals surface area contributed by atoms with Crippen LogP contribution in [-0.2, 0) is 9.47 Å². The highest BCUT2D eigenvalue weighted by molar-refractivity contribution is 7.80. The molecule has 0 radical (unpaired) electrons. The van der Waals surface area contributed by atoms with Gasteiger partial charge in [-0.05, 0) is 19.3 Å². The van der Waals surface area contributed by atoms with Crippen molar-refractivity contribution in [2.75, 3.05) is 40.0 Å². The van der Waals surface area contributed by atoms with Crippen molar-refractivity contribution >= 4 is 17.2 Å². The maximum absolute atomic E-state index is 5.76. The molecule has 0 aromatic rings. The van der Waals surface area contributed by atoms with Gasteiger partial charge in [0.25, 0.3) is 0 Å². The molecule has 100 valence electrons. The fraction of sp³-hybridized carbons (Fsp3) is 0.917. The van der Waals surface area contributed by atoms with E-state index in [2.05, 4.69) is 11.8 Å². The van der Waals surface area contributed by atoms with Crippen LogP contribution in [0.2, 0.25) is 0 Å². The number of likely N-dealkylation sites (tertiary alicyclic amines) is 1. The first kappa shape index (κ1) is 14.8. The predicted molar refractivity (Wildman–Crippen MR) is 73.3 cm³/mol. The van der Waals surface area contributed by atoms with Gasteiger partial charge < -0.3 is 20.1 Å². The molecule has 1 aliphatic heterocycles. The lowest BCUT2D eigenvalue weighted by Gasteiger charge is -2.40. The van der Waals surface area contributed by atoms with E-state index in [0.29, 0.717) is 4.99 Å². The Kier molecular flexibility index (Phi) is 6.33. The molecular weight excluding hydrogens is 236 g/mol. The summed E-state index contributed by atoms with van der Waals surface area (Å²) in [7, 11) is 1.69. The van der Waals surface area contributed by atoms with Crippen molar-refractivity contribution in [2.45, 2.75) is 31.8 Å². The number of hydrogen-bond donors (Lipinski definition) is 1. The quantitative estimate of drug-likeness (QED) is 0.550. The average Bonchev–Trinajstić information content (AvgIpc) is 2.35. The lowest BCUT2D eigenvalue weighted by Crippen LogP contribution is -2.53. The summed E-state index contributed by atoms with van der Waals surface area (Å²) in [6.45, 7) is 6.71. The largest absolute Gasteiger partial charge is 0.391 e. The number of thiocarbonyl (C=S) groups is 1. The molecule has 0 bridgehead atoms. The summed E-state index contributed by atoms with van der Waals surface area (Å²) in [4.78, 5) is 2.87. The van der Waals surface area contributed by atoms with Gasteiger partial charge in [0.05, 0.1) is 6.61 Å². The van der Waals surface area contributed by atoms with E-state index in [0.717, 1.165) is 52.1 Å². The van der Waals surface area contributed by atoms with Crippen molar-refractivity contribution in [3.8, 4) is 0 Å². The van der Waals surface area contributed by atoms with Gasteiger partial charge in [0.15, 0.2) is 0 Å². The minimum atomic E-state index is -0.379. The first-order valence-electron chi connectivity index (χ1n) is 6.30. The van der Waals surface area contributed by atoms with Gasteiger partial charge >= 0.3 is 0 Å². The van der Waals surface area contributed by atoms with E-state index < -0.39 is 0 Å². The molecule has 1 fully saturated rings. The van der Waals surface area contributed by atoms with Crippen molar-refractivity contribution in [3.05, 3.63) is 0 Å². The molecule has 0 amide bonds. The standard InChI is InChI=1S/C12H24N2O2S/c1-3-9-16-10-8-14-6-4-12(15-2,5-7-14)11(13)17/h3-10H2,1-2H3,(H2,13,17). The SMILES string of the molecule is CCCOCCN1CCC(OC)(C(N)=S)CC1. The summed E-state index contributed by atoms with van der Waals surface area (Å²) >= 11 is 5.10. The number of rotatable bonds is 7. The molecule has 17 heavy (non-hydrogen) atoms. The van der Waals surface area contributed by atoms with E-state index in [1.165, 1.54) is 0 Å². The van der Waals surface area contributed by atoms with Crippen molar-refractivity contribution in [3.63, 3.8) is 0 Å². The Morgan fingerprint density at radius 1 is 1.35 bits per heavy atom. The van der Waals surface area contributed by atoms with Crippen molar-refractivity contribution < 1.29 is 9.47 Å². The molecule has 0 saturated carbocycles. The lowest BCUT2D eigenvalue weighted by atomic mass is 9.91. The minimum Gasteiger partial charge on any atom is -0.391 e. The second-order valence-corrected chi connectivity index (χ2v) is 4.96. The van der Waals surface area contributed by atoms with E-state index in [1.807, 2.05) is 0 Å². The van der Waals surface area contributed by atoms with Crippen LogP contribution in [-0.4, -0.2) is 55.4 Å². The van der Waals surface area contributed by atoms with E-state index in [-0.39, 0.29) is 5.60 Å². The number of piperidine rings is 1. The monoisotopic (exact) mass is 260 g/mol. The Morgan fingerprint density at radius 2 is 2.00 bits per heavy atom. The Balaban J connectivity index is 2.27. The van der Waals surface area contributed by atoms with Crippen LogP contribution in [0.1, 0.15) is 26.2 Å². The summed E-state index contributed by atoms with van der Waals surface area (Å²) in [5.41, 5.74) is 5.38. The van der Waals surface area contributed by atoms with Crippen LogP contribution in [0.15, 0.2) is 0 Å². The fourth-order valence-corrected chi connectivity index (χ4v) is 2.42. The van der Waals surface area contributed by atoms with Crippen LogP contribution in [0, 0.1) is 0 Å². The van der Waals surface area contributed by atoms with Gasteiger partial charge in [-0.1, -0.05) is 19.1 Å².